The Hall–Kier alpha value is -1.81. The molecule has 0 atom stereocenters. The van der Waals surface area contributed by atoms with Crippen LogP contribution in [-0.2, 0) is 0 Å². The second kappa shape index (κ2) is 6.57. The molecule has 0 aliphatic heterocycles. The molecule has 0 bridgehead atoms. The standard InChI is InChI=1S/C16H21NO3/c1-3-4-7-17(8-9-18)16(19)15-11-13-10-12(2)5-6-14(13)20-15/h5-6,10-11,18H,3-4,7-9H2,1-2H3. The van der Waals surface area contributed by atoms with Gasteiger partial charge in [0.15, 0.2) is 5.76 Å². The summed E-state index contributed by atoms with van der Waals surface area (Å²) in [6.07, 6.45) is 1.93. The third-order valence-corrected chi connectivity index (χ3v) is 3.32. The number of aliphatic hydroxyl groups excluding tert-OH is 1. The van der Waals surface area contributed by atoms with E-state index in [1.54, 1.807) is 11.0 Å². The van der Waals surface area contributed by atoms with Crippen LogP contribution in [0.15, 0.2) is 28.7 Å². The summed E-state index contributed by atoms with van der Waals surface area (Å²) in [6, 6.07) is 7.62. The van der Waals surface area contributed by atoms with Gasteiger partial charge in [-0.1, -0.05) is 25.0 Å². The minimum absolute atomic E-state index is 0.0329. The van der Waals surface area contributed by atoms with Crippen LogP contribution in [0.2, 0.25) is 0 Å². The van der Waals surface area contributed by atoms with Gasteiger partial charge in [0.05, 0.1) is 6.61 Å². The first-order chi connectivity index (χ1) is 9.65. The predicted octanol–water partition coefficient (Wildman–Crippen LogP) is 2.98. The topological polar surface area (TPSA) is 53.7 Å². The van der Waals surface area contributed by atoms with Gasteiger partial charge in [-0.2, -0.15) is 0 Å². The number of aryl methyl sites for hydroxylation is 1. The normalized spacial score (nSPS) is 10.9. The van der Waals surface area contributed by atoms with Crippen LogP contribution in [0.1, 0.15) is 35.9 Å². The Morgan fingerprint density at radius 1 is 1.30 bits per heavy atom. The molecule has 0 unspecified atom stereocenters. The van der Waals surface area contributed by atoms with Crippen LogP contribution in [0.25, 0.3) is 11.0 Å². The SMILES string of the molecule is CCCCN(CCO)C(=O)c1cc2cc(C)ccc2o1. The fraction of sp³-hybridized carbons (Fsp3) is 0.438. The molecule has 2 aromatic rings. The van der Waals surface area contributed by atoms with Gasteiger partial charge >= 0.3 is 0 Å². The van der Waals surface area contributed by atoms with Gasteiger partial charge in [0.2, 0.25) is 0 Å². The summed E-state index contributed by atoms with van der Waals surface area (Å²) >= 11 is 0. The van der Waals surface area contributed by atoms with Crippen LogP contribution in [0.5, 0.6) is 0 Å². The summed E-state index contributed by atoms with van der Waals surface area (Å²) in [5.74, 6) is 0.191. The molecular formula is C16H21NO3. The minimum atomic E-state index is -0.152. The van der Waals surface area contributed by atoms with Crippen LogP contribution in [0, 0.1) is 6.92 Å². The summed E-state index contributed by atoms with van der Waals surface area (Å²) in [5, 5.41) is 10.0. The lowest BCUT2D eigenvalue weighted by molar-refractivity contribution is 0.0690. The summed E-state index contributed by atoms with van der Waals surface area (Å²) in [7, 11) is 0. The van der Waals surface area contributed by atoms with Crippen molar-refractivity contribution in [2.75, 3.05) is 19.7 Å². The highest BCUT2D eigenvalue weighted by Gasteiger charge is 2.19. The smallest absolute Gasteiger partial charge is 0.289 e. The van der Waals surface area contributed by atoms with Gasteiger partial charge in [0.25, 0.3) is 5.91 Å². The summed E-state index contributed by atoms with van der Waals surface area (Å²) in [5.41, 5.74) is 1.86. The highest BCUT2D eigenvalue weighted by molar-refractivity contribution is 5.96. The van der Waals surface area contributed by atoms with E-state index in [1.807, 2.05) is 25.1 Å². The Bertz CT molecular complexity index is 588. The first kappa shape index (κ1) is 14.6. The van der Waals surface area contributed by atoms with E-state index in [-0.39, 0.29) is 12.5 Å². The summed E-state index contributed by atoms with van der Waals surface area (Å²) in [6.45, 7) is 5.04. The van der Waals surface area contributed by atoms with Crippen LogP contribution in [-0.4, -0.2) is 35.6 Å². The summed E-state index contributed by atoms with van der Waals surface area (Å²) in [4.78, 5) is 14.1. The van der Waals surface area contributed by atoms with Crippen molar-refractivity contribution in [3.63, 3.8) is 0 Å². The minimum Gasteiger partial charge on any atom is -0.451 e. The number of benzene rings is 1. The molecule has 0 aliphatic rings. The average molecular weight is 275 g/mol. The van der Waals surface area contributed by atoms with Crippen molar-refractivity contribution in [2.45, 2.75) is 26.7 Å². The van der Waals surface area contributed by atoms with Gasteiger partial charge in [0, 0.05) is 18.5 Å². The number of carbonyl (C=O) groups is 1. The van der Waals surface area contributed by atoms with Gasteiger partial charge in [-0.05, 0) is 31.5 Å². The zero-order valence-corrected chi connectivity index (χ0v) is 12.1. The maximum Gasteiger partial charge on any atom is 0.289 e. The van der Waals surface area contributed by atoms with E-state index in [9.17, 15) is 4.79 Å². The zero-order valence-electron chi connectivity index (χ0n) is 12.1. The first-order valence-corrected chi connectivity index (χ1v) is 7.06. The maximum absolute atomic E-state index is 12.4. The number of rotatable bonds is 6. The van der Waals surface area contributed by atoms with E-state index in [4.69, 9.17) is 9.52 Å². The Kier molecular flexibility index (Phi) is 4.79. The van der Waals surface area contributed by atoms with E-state index in [0.717, 1.165) is 29.4 Å². The van der Waals surface area contributed by atoms with Gasteiger partial charge in [0.1, 0.15) is 5.58 Å². The molecule has 0 spiro atoms. The van der Waals surface area contributed by atoms with Crippen molar-refractivity contribution in [1.29, 1.82) is 0 Å². The Labute approximate surface area is 119 Å². The molecule has 2 rings (SSSR count). The number of carbonyl (C=O) groups excluding carboxylic acids is 1. The Balaban J connectivity index is 2.23. The molecule has 1 N–H and O–H groups in total. The van der Waals surface area contributed by atoms with Crippen LogP contribution in [0.3, 0.4) is 0 Å². The molecule has 0 aliphatic carbocycles. The van der Waals surface area contributed by atoms with Gasteiger partial charge in [-0.25, -0.2) is 0 Å². The molecule has 1 amide bonds. The van der Waals surface area contributed by atoms with E-state index in [1.165, 1.54) is 0 Å². The fourth-order valence-corrected chi connectivity index (χ4v) is 2.21. The van der Waals surface area contributed by atoms with E-state index >= 15 is 0 Å². The van der Waals surface area contributed by atoms with Crippen molar-refractivity contribution in [3.8, 4) is 0 Å². The first-order valence-electron chi connectivity index (χ1n) is 7.06. The number of hydrogen-bond donors (Lipinski definition) is 1. The second-order valence-electron chi connectivity index (χ2n) is 5.02. The number of unbranched alkanes of at least 4 members (excludes halogenated alkanes) is 1. The Morgan fingerprint density at radius 3 is 2.80 bits per heavy atom. The molecule has 0 fully saturated rings. The number of aliphatic hydroxyl groups is 1. The Morgan fingerprint density at radius 2 is 2.10 bits per heavy atom. The van der Waals surface area contributed by atoms with E-state index < -0.39 is 0 Å². The molecule has 1 aromatic carbocycles. The summed E-state index contributed by atoms with van der Waals surface area (Å²) < 4.78 is 5.62. The second-order valence-corrected chi connectivity index (χ2v) is 5.02. The molecule has 4 heteroatoms. The molecular weight excluding hydrogens is 254 g/mol. The average Bonchev–Trinajstić information content (AvgIpc) is 2.85. The van der Waals surface area contributed by atoms with Gasteiger partial charge < -0.3 is 14.4 Å². The van der Waals surface area contributed by atoms with Crippen LogP contribution < -0.4 is 0 Å². The molecule has 108 valence electrons. The lowest BCUT2D eigenvalue weighted by Crippen LogP contribution is -2.34. The number of fused-ring (bicyclic) bond motifs is 1. The van der Waals surface area contributed by atoms with Crippen molar-refractivity contribution >= 4 is 16.9 Å². The number of nitrogens with zero attached hydrogens (tertiary/aromatic N) is 1. The molecule has 0 saturated heterocycles. The van der Waals surface area contributed by atoms with Gasteiger partial charge in [-0.3, -0.25) is 4.79 Å². The largest absolute Gasteiger partial charge is 0.451 e. The van der Waals surface area contributed by atoms with Gasteiger partial charge in [-0.15, -0.1) is 0 Å². The van der Waals surface area contributed by atoms with E-state index in [0.29, 0.717) is 18.8 Å². The third kappa shape index (κ3) is 3.20. The highest BCUT2D eigenvalue weighted by atomic mass is 16.3. The third-order valence-electron chi connectivity index (χ3n) is 3.32. The maximum atomic E-state index is 12.4. The van der Waals surface area contributed by atoms with Crippen molar-refractivity contribution in [2.24, 2.45) is 0 Å². The highest BCUT2D eigenvalue weighted by Crippen LogP contribution is 2.21. The monoisotopic (exact) mass is 275 g/mol. The number of amides is 1. The zero-order chi connectivity index (χ0) is 14.5. The lowest BCUT2D eigenvalue weighted by atomic mass is 10.2. The molecule has 4 nitrogen and oxygen atoms in total. The predicted molar refractivity (Wildman–Crippen MR) is 78.8 cm³/mol. The molecule has 1 heterocycles. The molecule has 1 aromatic heterocycles. The van der Waals surface area contributed by atoms with Crippen molar-refractivity contribution in [1.82, 2.24) is 4.90 Å². The molecule has 20 heavy (non-hydrogen) atoms. The van der Waals surface area contributed by atoms with Crippen molar-refractivity contribution in [3.05, 3.63) is 35.6 Å². The number of furan rings is 1. The van der Waals surface area contributed by atoms with Crippen LogP contribution in [0.4, 0.5) is 0 Å². The fourth-order valence-electron chi connectivity index (χ4n) is 2.21. The molecule has 0 radical (unpaired) electrons. The lowest BCUT2D eigenvalue weighted by Gasteiger charge is -2.20. The van der Waals surface area contributed by atoms with E-state index in [2.05, 4.69) is 6.92 Å². The van der Waals surface area contributed by atoms with Crippen molar-refractivity contribution < 1.29 is 14.3 Å². The quantitative estimate of drug-likeness (QED) is 0.881. The number of hydrogen-bond acceptors (Lipinski definition) is 3. The molecule has 0 saturated carbocycles. The van der Waals surface area contributed by atoms with Crippen LogP contribution >= 0.6 is 0 Å².